The van der Waals surface area contributed by atoms with E-state index in [1.165, 1.54) is 29.5 Å². The van der Waals surface area contributed by atoms with Crippen LogP contribution in [0.1, 0.15) is 24.0 Å². The number of aromatic nitrogens is 1. The van der Waals surface area contributed by atoms with Crippen molar-refractivity contribution in [2.24, 2.45) is 0 Å². The smallest absolute Gasteiger partial charge is 0.119 e. The molecular formula is C23H24N2O. The third-order valence-corrected chi connectivity index (χ3v) is 4.89. The van der Waals surface area contributed by atoms with Gasteiger partial charge in [-0.2, -0.15) is 0 Å². The van der Waals surface area contributed by atoms with Crippen LogP contribution in [0.25, 0.3) is 11.1 Å². The molecule has 1 aliphatic heterocycles. The maximum absolute atomic E-state index is 5.89. The largest absolute Gasteiger partial charge is 0.492 e. The molecule has 0 aliphatic carbocycles. The molecule has 26 heavy (non-hydrogen) atoms. The van der Waals surface area contributed by atoms with Gasteiger partial charge in [-0.15, -0.1) is 0 Å². The molecule has 0 amide bonds. The Bertz CT molecular complexity index is 807. The molecule has 0 saturated carbocycles. The summed E-state index contributed by atoms with van der Waals surface area (Å²) in [5, 5.41) is 3.46. The molecule has 0 bridgehead atoms. The first kappa shape index (κ1) is 16.8. The fourth-order valence-corrected chi connectivity index (χ4v) is 3.38. The first-order chi connectivity index (χ1) is 12.9. The lowest BCUT2D eigenvalue weighted by Crippen LogP contribution is -2.28. The van der Waals surface area contributed by atoms with Crippen LogP contribution in [0.4, 0.5) is 0 Å². The second-order valence-electron chi connectivity index (χ2n) is 6.86. The number of benzene rings is 2. The van der Waals surface area contributed by atoms with Gasteiger partial charge in [0.05, 0.1) is 0 Å². The standard InChI is InChI=1S/C23H24N2O/c1-3-21(16-24-13-1)20-9-5-18(6-10-20)15-19-7-11-23(12-8-19)26-17-22-4-2-14-25-22/h1,3,5-13,16,22,25H,2,4,14-15,17H2. The van der Waals surface area contributed by atoms with Crippen molar-refractivity contribution in [1.82, 2.24) is 10.3 Å². The highest BCUT2D eigenvalue weighted by atomic mass is 16.5. The van der Waals surface area contributed by atoms with Crippen LogP contribution in [0, 0.1) is 0 Å². The molecule has 3 aromatic rings. The van der Waals surface area contributed by atoms with Crippen molar-refractivity contribution >= 4 is 0 Å². The second-order valence-corrected chi connectivity index (χ2v) is 6.86. The Morgan fingerprint density at radius 3 is 2.35 bits per heavy atom. The average Bonchev–Trinajstić information content (AvgIpc) is 3.22. The van der Waals surface area contributed by atoms with Crippen molar-refractivity contribution < 1.29 is 4.74 Å². The summed E-state index contributed by atoms with van der Waals surface area (Å²) in [6.07, 6.45) is 7.10. The van der Waals surface area contributed by atoms with Crippen LogP contribution in [0.3, 0.4) is 0 Å². The van der Waals surface area contributed by atoms with Gasteiger partial charge in [0.15, 0.2) is 0 Å². The third kappa shape index (κ3) is 4.30. The van der Waals surface area contributed by atoms with Crippen molar-refractivity contribution in [3.63, 3.8) is 0 Å². The Balaban J connectivity index is 1.35. The molecular weight excluding hydrogens is 320 g/mol. The topological polar surface area (TPSA) is 34.1 Å². The van der Waals surface area contributed by atoms with Gasteiger partial charge in [-0.1, -0.05) is 42.5 Å². The van der Waals surface area contributed by atoms with Crippen molar-refractivity contribution in [3.8, 4) is 16.9 Å². The number of ether oxygens (including phenoxy) is 1. The SMILES string of the molecule is c1cncc(-c2ccc(Cc3ccc(OCC4CCCN4)cc3)cc2)c1. The summed E-state index contributed by atoms with van der Waals surface area (Å²) < 4.78 is 5.89. The maximum Gasteiger partial charge on any atom is 0.119 e. The summed E-state index contributed by atoms with van der Waals surface area (Å²) in [5.74, 6) is 0.953. The van der Waals surface area contributed by atoms with Crippen LogP contribution in [0.2, 0.25) is 0 Å². The van der Waals surface area contributed by atoms with E-state index in [2.05, 4.69) is 64.9 Å². The zero-order valence-electron chi connectivity index (χ0n) is 14.9. The Hall–Kier alpha value is -2.65. The van der Waals surface area contributed by atoms with Crippen LogP contribution < -0.4 is 10.1 Å². The highest BCUT2D eigenvalue weighted by Crippen LogP contribution is 2.21. The van der Waals surface area contributed by atoms with Crippen LogP contribution >= 0.6 is 0 Å². The molecule has 1 fully saturated rings. The first-order valence-corrected chi connectivity index (χ1v) is 9.31. The molecule has 4 rings (SSSR count). The molecule has 2 heterocycles. The molecule has 1 atom stereocenters. The number of hydrogen-bond donors (Lipinski definition) is 1. The summed E-state index contributed by atoms with van der Waals surface area (Å²) in [5.41, 5.74) is 4.95. The van der Waals surface area contributed by atoms with E-state index in [-0.39, 0.29) is 0 Å². The lowest BCUT2D eigenvalue weighted by molar-refractivity contribution is 0.277. The van der Waals surface area contributed by atoms with E-state index in [0.717, 1.165) is 30.9 Å². The van der Waals surface area contributed by atoms with Gasteiger partial charge in [-0.3, -0.25) is 4.98 Å². The minimum absolute atomic E-state index is 0.507. The molecule has 3 heteroatoms. The highest BCUT2D eigenvalue weighted by Gasteiger charge is 2.14. The van der Waals surface area contributed by atoms with Crippen LogP contribution in [0.5, 0.6) is 5.75 Å². The zero-order chi connectivity index (χ0) is 17.6. The van der Waals surface area contributed by atoms with Gasteiger partial charge in [0.1, 0.15) is 12.4 Å². The van der Waals surface area contributed by atoms with Gasteiger partial charge in [-0.25, -0.2) is 0 Å². The van der Waals surface area contributed by atoms with Crippen molar-refractivity contribution in [3.05, 3.63) is 84.2 Å². The van der Waals surface area contributed by atoms with Crippen molar-refractivity contribution in [2.75, 3.05) is 13.2 Å². The molecule has 1 N–H and O–H groups in total. The molecule has 3 nitrogen and oxygen atoms in total. The van der Waals surface area contributed by atoms with Crippen molar-refractivity contribution in [1.29, 1.82) is 0 Å². The van der Waals surface area contributed by atoms with E-state index >= 15 is 0 Å². The van der Waals surface area contributed by atoms with Gasteiger partial charge in [-0.05, 0) is 66.3 Å². The summed E-state index contributed by atoms with van der Waals surface area (Å²) in [4.78, 5) is 4.18. The Morgan fingerprint density at radius 2 is 1.69 bits per heavy atom. The van der Waals surface area contributed by atoms with E-state index in [4.69, 9.17) is 4.74 Å². The van der Waals surface area contributed by atoms with Crippen LogP contribution in [-0.2, 0) is 6.42 Å². The third-order valence-electron chi connectivity index (χ3n) is 4.89. The van der Waals surface area contributed by atoms with Crippen LogP contribution in [0.15, 0.2) is 73.1 Å². The van der Waals surface area contributed by atoms with E-state index in [9.17, 15) is 0 Å². The summed E-state index contributed by atoms with van der Waals surface area (Å²) in [6.45, 7) is 1.88. The molecule has 1 aromatic heterocycles. The van der Waals surface area contributed by atoms with Crippen molar-refractivity contribution in [2.45, 2.75) is 25.3 Å². The first-order valence-electron chi connectivity index (χ1n) is 9.31. The maximum atomic E-state index is 5.89. The number of hydrogen-bond acceptors (Lipinski definition) is 3. The zero-order valence-corrected chi connectivity index (χ0v) is 14.9. The molecule has 0 radical (unpaired) electrons. The van der Waals surface area contributed by atoms with Gasteiger partial charge in [0, 0.05) is 18.4 Å². The predicted molar refractivity (Wildman–Crippen MR) is 105 cm³/mol. The molecule has 0 spiro atoms. The van der Waals surface area contributed by atoms with Crippen LogP contribution in [-0.4, -0.2) is 24.2 Å². The highest BCUT2D eigenvalue weighted by molar-refractivity contribution is 5.62. The molecule has 132 valence electrons. The average molecular weight is 344 g/mol. The molecule has 1 unspecified atom stereocenters. The van der Waals surface area contributed by atoms with Gasteiger partial charge in [0.25, 0.3) is 0 Å². The summed E-state index contributed by atoms with van der Waals surface area (Å²) in [6, 6.07) is 21.8. The van der Waals surface area contributed by atoms with E-state index < -0.39 is 0 Å². The number of pyridine rings is 1. The van der Waals surface area contributed by atoms with E-state index in [1.54, 1.807) is 6.20 Å². The number of nitrogens with zero attached hydrogens (tertiary/aromatic N) is 1. The monoisotopic (exact) mass is 344 g/mol. The Morgan fingerprint density at radius 1 is 0.923 bits per heavy atom. The molecule has 1 aliphatic rings. The fourth-order valence-electron chi connectivity index (χ4n) is 3.38. The minimum atomic E-state index is 0.507. The van der Waals surface area contributed by atoms with Gasteiger partial charge >= 0.3 is 0 Å². The minimum Gasteiger partial charge on any atom is -0.492 e. The summed E-state index contributed by atoms with van der Waals surface area (Å²) >= 11 is 0. The van der Waals surface area contributed by atoms with Gasteiger partial charge in [0.2, 0.25) is 0 Å². The normalized spacial score (nSPS) is 16.5. The lowest BCUT2D eigenvalue weighted by atomic mass is 10.0. The number of rotatable bonds is 6. The molecule has 1 saturated heterocycles. The Kier molecular flexibility index (Phi) is 5.27. The summed E-state index contributed by atoms with van der Waals surface area (Å²) in [7, 11) is 0. The van der Waals surface area contributed by atoms with E-state index in [0.29, 0.717) is 6.04 Å². The fraction of sp³-hybridized carbons (Fsp3) is 0.261. The Labute approximate surface area is 155 Å². The lowest BCUT2D eigenvalue weighted by Gasteiger charge is -2.12. The predicted octanol–water partition coefficient (Wildman–Crippen LogP) is 4.47. The quantitative estimate of drug-likeness (QED) is 0.716. The number of nitrogens with one attached hydrogen (secondary N) is 1. The van der Waals surface area contributed by atoms with Gasteiger partial charge < -0.3 is 10.1 Å². The van der Waals surface area contributed by atoms with E-state index in [1.807, 2.05) is 12.3 Å². The molecule has 2 aromatic carbocycles. The second kappa shape index (κ2) is 8.15.